The monoisotopic (exact) mass is 670 g/mol. The van der Waals surface area contributed by atoms with Gasteiger partial charge in [-0.05, 0) is 60.7 Å². The Balaban J connectivity index is 1.10. The third-order valence-electron chi connectivity index (χ3n) is 9.88. The lowest BCUT2D eigenvalue weighted by molar-refractivity contribution is 0.669. The maximum atomic E-state index is 6.45. The zero-order valence-corrected chi connectivity index (χ0v) is 27.9. The molecule has 0 fully saturated rings. The number of hydrogen-bond acceptors (Lipinski definition) is 5. The second kappa shape index (κ2) is 10.9. The van der Waals surface area contributed by atoms with E-state index in [2.05, 4.69) is 132 Å². The molecule has 6 heteroatoms. The predicted molar refractivity (Wildman–Crippen MR) is 211 cm³/mol. The number of para-hydroxylation sites is 4. The third kappa shape index (κ3) is 4.37. The minimum absolute atomic E-state index is 0.572. The number of thiophene rings is 1. The molecular formula is C45H26N4OS. The van der Waals surface area contributed by atoms with Crippen LogP contribution in [0.2, 0.25) is 0 Å². The van der Waals surface area contributed by atoms with E-state index >= 15 is 0 Å². The Bertz CT molecular complexity index is 3100. The highest BCUT2D eigenvalue weighted by atomic mass is 32.1. The highest BCUT2D eigenvalue weighted by molar-refractivity contribution is 7.25. The Morgan fingerprint density at radius 3 is 1.80 bits per heavy atom. The standard InChI is InChI=1S/C45H26N4OS/c1-5-16-37-30(10-1)31-11-2-6-17-38(31)49(37)29-23-20-27(21-24-29)43-46-44(28-22-25-34-33-13-4-8-19-40(33)51-41(34)26-28)48-45(47-43)36-15-9-14-35-32-12-3-7-18-39(32)50-42(35)36/h1-26H. The van der Waals surface area contributed by atoms with E-state index in [0.29, 0.717) is 17.5 Å². The molecule has 51 heavy (non-hydrogen) atoms. The Labute approximate surface area is 295 Å². The third-order valence-corrected chi connectivity index (χ3v) is 11.0. The molecule has 0 amide bonds. The molecule has 0 unspecified atom stereocenters. The van der Waals surface area contributed by atoms with Crippen molar-refractivity contribution >= 4 is 75.3 Å². The Morgan fingerprint density at radius 1 is 0.431 bits per heavy atom. The molecule has 0 spiro atoms. The van der Waals surface area contributed by atoms with Crippen LogP contribution in [0.25, 0.3) is 104 Å². The highest BCUT2D eigenvalue weighted by Crippen LogP contribution is 2.39. The first-order valence-corrected chi connectivity index (χ1v) is 17.8. The first-order valence-electron chi connectivity index (χ1n) is 16.9. The molecular weight excluding hydrogens is 645 g/mol. The van der Waals surface area contributed by atoms with Crippen molar-refractivity contribution in [3.63, 3.8) is 0 Å². The largest absolute Gasteiger partial charge is 0.455 e. The number of nitrogens with zero attached hydrogens (tertiary/aromatic N) is 4. The summed E-state index contributed by atoms with van der Waals surface area (Å²) in [6.45, 7) is 0. The SMILES string of the molecule is c1ccc2c(c1)oc1c(-c3nc(-c4ccc(-n5c6ccccc6c6ccccc65)cc4)nc(-c4ccc5c(c4)sc4ccccc45)n3)cccc12. The number of rotatable bonds is 4. The molecule has 0 N–H and O–H groups in total. The van der Waals surface area contributed by atoms with Gasteiger partial charge >= 0.3 is 0 Å². The van der Waals surface area contributed by atoms with E-state index in [1.165, 1.54) is 42.0 Å². The van der Waals surface area contributed by atoms with Crippen LogP contribution >= 0.6 is 11.3 Å². The summed E-state index contributed by atoms with van der Waals surface area (Å²) < 4.78 is 11.2. The van der Waals surface area contributed by atoms with Gasteiger partial charge in [-0.15, -0.1) is 11.3 Å². The van der Waals surface area contributed by atoms with E-state index in [1.807, 2.05) is 30.3 Å². The van der Waals surface area contributed by atoms with E-state index in [9.17, 15) is 0 Å². The van der Waals surface area contributed by atoms with Gasteiger partial charge in [0.25, 0.3) is 0 Å². The van der Waals surface area contributed by atoms with Crippen molar-refractivity contribution in [2.24, 2.45) is 0 Å². The van der Waals surface area contributed by atoms with Crippen LogP contribution in [-0.2, 0) is 0 Å². The molecule has 0 radical (unpaired) electrons. The summed E-state index contributed by atoms with van der Waals surface area (Å²) in [4.78, 5) is 15.4. The van der Waals surface area contributed by atoms with Crippen LogP contribution in [0, 0.1) is 0 Å². The van der Waals surface area contributed by atoms with Gasteiger partial charge < -0.3 is 8.98 Å². The first kappa shape index (κ1) is 28.2. The molecule has 11 rings (SSSR count). The Hall–Kier alpha value is -6.63. The molecule has 11 aromatic rings. The molecule has 0 aliphatic heterocycles. The fourth-order valence-corrected chi connectivity index (χ4v) is 8.65. The lowest BCUT2D eigenvalue weighted by atomic mass is 10.1. The van der Waals surface area contributed by atoms with Crippen molar-refractivity contribution in [3.8, 4) is 39.9 Å². The quantitative estimate of drug-likeness (QED) is 0.187. The van der Waals surface area contributed by atoms with Crippen LogP contribution in [0.5, 0.6) is 0 Å². The summed E-state index contributed by atoms with van der Waals surface area (Å²) in [6.07, 6.45) is 0. The predicted octanol–water partition coefficient (Wildman–Crippen LogP) is 12.2. The van der Waals surface area contributed by atoms with Gasteiger partial charge in [0, 0.05) is 58.5 Å². The van der Waals surface area contributed by atoms with Crippen molar-refractivity contribution < 1.29 is 4.42 Å². The maximum Gasteiger partial charge on any atom is 0.167 e. The number of furan rings is 1. The van der Waals surface area contributed by atoms with Gasteiger partial charge in [0.1, 0.15) is 11.2 Å². The van der Waals surface area contributed by atoms with Gasteiger partial charge in [0.15, 0.2) is 17.5 Å². The maximum absolute atomic E-state index is 6.45. The Kier molecular flexibility index (Phi) is 6.05. The van der Waals surface area contributed by atoms with Crippen molar-refractivity contribution in [2.75, 3.05) is 0 Å². The minimum atomic E-state index is 0.572. The van der Waals surface area contributed by atoms with Gasteiger partial charge in [-0.1, -0.05) is 97.1 Å². The van der Waals surface area contributed by atoms with E-state index < -0.39 is 0 Å². The molecule has 7 aromatic carbocycles. The molecule has 4 heterocycles. The number of fused-ring (bicyclic) bond motifs is 9. The highest BCUT2D eigenvalue weighted by Gasteiger charge is 2.19. The van der Waals surface area contributed by atoms with Crippen LogP contribution < -0.4 is 0 Å². The van der Waals surface area contributed by atoms with Crippen molar-refractivity contribution in [3.05, 3.63) is 158 Å². The lowest BCUT2D eigenvalue weighted by Gasteiger charge is -2.11. The average molecular weight is 671 g/mol. The molecule has 0 aliphatic carbocycles. The van der Waals surface area contributed by atoms with Crippen molar-refractivity contribution in [1.29, 1.82) is 0 Å². The molecule has 0 saturated heterocycles. The molecule has 5 nitrogen and oxygen atoms in total. The van der Waals surface area contributed by atoms with Crippen molar-refractivity contribution in [1.82, 2.24) is 19.5 Å². The minimum Gasteiger partial charge on any atom is -0.455 e. The summed E-state index contributed by atoms with van der Waals surface area (Å²) >= 11 is 1.79. The summed E-state index contributed by atoms with van der Waals surface area (Å²) in [5.74, 6) is 1.80. The van der Waals surface area contributed by atoms with Crippen LogP contribution in [0.4, 0.5) is 0 Å². The molecule has 0 aliphatic rings. The van der Waals surface area contributed by atoms with Crippen LogP contribution in [0.15, 0.2) is 162 Å². The van der Waals surface area contributed by atoms with Crippen LogP contribution in [0.3, 0.4) is 0 Å². The fraction of sp³-hybridized carbons (Fsp3) is 0. The van der Waals surface area contributed by atoms with Gasteiger partial charge in [-0.25, -0.2) is 15.0 Å². The van der Waals surface area contributed by atoms with Crippen LogP contribution in [0.1, 0.15) is 0 Å². The zero-order chi connectivity index (χ0) is 33.5. The Morgan fingerprint density at radius 2 is 1.02 bits per heavy atom. The average Bonchev–Trinajstić information content (AvgIpc) is 3.87. The van der Waals surface area contributed by atoms with Gasteiger partial charge in [-0.3, -0.25) is 0 Å². The second-order valence-corrected chi connectivity index (χ2v) is 13.9. The molecule has 0 bridgehead atoms. The summed E-state index contributed by atoms with van der Waals surface area (Å²) in [7, 11) is 0. The van der Waals surface area contributed by atoms with E-state index in [1.54, 1.807) is 11.3 Å². The van der Waals surface area contributed by atoms with E-state index in [0.717, 1.165) is 44.3 Å². The molecule has 4 aromatic heterocycles. The molecule has 0 saturated carbocycles. The number of benzene rings is 7. The van der Waals surface area contributed by atoms with Gasteiger partial charge in [0.2, 0.25) is 0 Å². The second-order valence-electron chi connectivity index (χ2n) is 12.8. The number of hydrogen-bond donors (Lipinski definition) is 0. The summed E-state index contributed by atoms with van der Waals surface area (Å²) in [5, 5.41) is 7.08. The number of aromatic nitrogens is 4. The van der Waals surface area contributed by atoms with E-state index in [4.69, 9.17) is 19.4 Å². The fourth-order valence-electron chi connectivity index (χ4n) is 7.50. The van der Waals surface area contributed by atoms with E-state index in [-0.39, 0.29) is 0 Å². The molecule has 238 valence electrons. The van der Waals surface area contributed by atoms with Crippen molar-refractivity contribution in [2.45, 2.75) is 0 Å². The summed E-state index contributed by atoms with van der Waals surface area (Å²) in [6, 6.07) is 55.0. The van der Waals surface area contributed by atoms with Gasteiger partial charge in [0.05, 0.1) is 16.6 Å². The van der Waals surface area contributed by atoms with Gasteiger partial charge in [-0.2, -0.15) is 0 Å². The van der Waals surface area contributed by atoms with Crippen LogP contribution in [-0.4, -0.2) is 19.5 Å². The zero-order valence-electron chi connectivity index (χ0n) is 27.1. The lowest BCUT2D eigenvalue weighted by Crippen LogP contribution is -2.01. The normalized spacial score (nSPS) is 11.9. The molecule has 0 atom stereocenters. The first-order chi connectivity index (χ1) is 25.3. The summed E-state index contributed by atoms with van der Waals surface area (Å²) in [5.41, 5.74) is 7.71. The smallest absolute Gasteiger partial charge is 0.167 e. The topological polar surface area (TPSA) is 56.7 Å².